The molecule has 0 amide bonds. The average molecular weight is 431 g/mol. The molecule has 5 nitrogen and oxygen atoms in total. The van der Waals surface area contributed by atoms with Crippen LogP contribution in [-0.4, -0.2) is 54.1 Å². The molecule has 4 rings (SSSR count). The molecule has 1 saturated heterocycles. The minimum atomic E-state index is 0.621. The summed E-state index contributed by atoms with van der Waals surface area (Å²) in [4.78, 5) is 8.20. The minimum Gasteiger partial charge on any atom is -0.369 e. The molecule has 2 N–H and O–H groups in total. The number of aromatic amines is 1. The molecular formula is C27H36N5+. The Balaban J connectivity index is 1.48. The molecule has 168 valence electrons. The lowest BCUT2D eigenvalue weighted by molar-refractivity contribution is -0.386. The van der Waals surface area contributed by atoms with Crippen LogP contribution in [0.3, 0.4) is 0 Å². The van der Waals surface area contributed by atoms with Gasteiger partial charge in [-0.2, -0.15) is 0 Å². The Hall–Kier alpha value is -2.81. The van der Waals surface area contributed by atoms with E-state index in [1.165, 1.54) is 42.4 Å². The zero-order valence-corrected chi connectivity index (χ0v) is 19.9. The monoisotopic (exact) mass is 430 g/mol. The summed E-state index contributed by atoms with van der Waals surface area (Å²) in [6.07, 6.45) is 4.48. The maximum absolute atomic E-state index is 3.41. The van der Waals surface area contributed by atoms with E-state index in [-0.39, 0.29) is 0 Å². The van der Waals surface area contributed by atoms with Gasteiger partial charge in [0.1, 0.15) is 0 Å². The number of benzene rings is 1. The maximum Gasteiger partial charge on any atom is 0.190 e. The van der Waals surface area contributed by atoms with Crippen LogP contribution < -0.4 is 10.3 Å². The van der Waals surface area contributed by atoms with E-state index in [0.29, 0.717) is 6.54 Å². The fraction of sp³-hybridized carbons (Fsp3) is 0.444. The lowest BCUT2D eigenvalue weighted by Gasteiger charge is -2.35. The lowest BCUT2D eigenvalue weighted by atomic mass is 10.0. The van der Waals surface area contributed by atoms with Gasteiger partial charge in [0.2, 0.25) is 0 Å². The fourth-order valence-corrected chi connectivity index (χ4v) is 4.66. The molecule has 0 bridgehead atoms. The molecule has 0 aliphatic carbocycles. The van der Waals surface area contributed by atoms with Crippen molar-refractivity contribution in [3.8, 4) is 11.8 Å². The third kappa shape index (κ3) is 5.15. The van der Waals surface area contributed by atoms with Crippen molar-refractivity contribution in [3.63, 3.8) is 0 Å². The van der Waals surface area contributed by atoms with Crippen LogP contribution in [0.2, 0.25) is 0 Å². The third-order valence-electron chi connectivity index (χ3n) is 6.60. The number of rotatable bonds is 6. The normalized spacial score (nSPS) is 15.2. The molecule has 5 heteroatoms. The van der Waals surface area contributed by atoms with Gasteiger partial charge in [0.05, 0.1) is 17.9 Å². The van der Waals surface area contributed by atoms with Crippen molar-refractivity contribution in [1.29, 1.82) is 0 Å². The number of nitrogens with zero attached hydrogens (tertiary/aromatic N) is 3. The highest BCUT2D eigenvalue weighted by molar-refractivity contribution is 5.85. The number of H-pyrrole nitrogens is 1. The van der Waals surface area contributed by atoms with Crippen LogP contribution >= 0.6 is 0 Å². The Morgan fingerprint density at radius 2 is 1.97 bits per heavy atom. The predicted molar refractivity (Wildman–Crippen MR) is 133 cm³/mol. The quantitative estimate of drug-likeness (QED) is 0.605. The second-order valence-electron chi connectivity index (χ2n) is 9.01. The van der Waals surface area contributed by atoms with Crippen LogP contribution in [0.25, 0.3) is 10.9 Å². The summed E-state index contributed by atoms with van der Waals surface area (Å²) in [7, 11) is 4.40. The van der Waals surface area contributed by atoms with Gasteiger partial charge in [-0.1, -0.05) is 18.1 Å². The molecule has 32 heavy (non-hydrogen) atoms. The van der Waals surface area contributed by atoms with Crippen molar-refractivity contribution in [2.75, 3.05) is 39.0 Å². The number of aromatic nitrogens is 2. The van der Waals surface area contributed by atoms with E-state index in [0.717, 1.165) is 36.2 Å². The zero-order valence-electron chi connectivity index (χ0n) is 19.9. The number of hydrogen-bond donors (Lipinski definition) is 1. The number of fused-ring (bicyclic) bond motifs is 1. The summed E-state index contributed by atoms with van der Waals surface area (Å²) >= 11 is 0. The minimum absolute atomic E-state index is 0.621. The van der Waals surface area contributed by atoms with Crippen molar-refractivity contribution in [2.45, 2.75) is 45.8 Å². The zero-order chi connectivity index (χ0) is 22.5. The van der Waals surface area contributed by atoms with Gasteiger partial charge in [-0.15, -0.1) is 0 Å². The van der Waals surface area contributed by atoms with Crippen molar-refractivity contribution < 1.29 is 4.98 Å². The van der Waals surface area contributed by atoms with Crippen LogP contribution in [-0.2, 0) is 13.1 Å². The van der Waals surface area contributed by atoms with Crippen molar-refractivity contribution in [1.82, 2.24) is 14.4 Å². The molecule has 0 saturated carbocycles. The molecule has 2 aromatic heterocycles. The first-order valence-electron chi connectivity index (χ1n) is 11.8. The molecular weight excluding hydrogens is 394 g/mol. The van der Waals surface area contributed by atoms with E-state index in [4.69, 9.17) is 0 Å². The number of nitrogens with one attached hydrogen (secondary N) is 2. The number of piperidine rings is 1. The van der Waals surface area contributed by atoms with Gasteiger partial charge < -0.3 is 14.8 Å². The molecule has 0 atom stereocenters. The summed E-state index contributed by atoms with van der Waals surface area (Å²) in [6.45, 7) is 9.15. The fourth-order valence-electron chi connectivity index (χ4n) is 4.66. The largest absolute Gasteiger partial charge is 0.369 e. The van der Waals surface area contributed by atoms with Gasteiger partial charge in [0.25, 0.3) is 0 Å². The van der Waals surface area contributed by atoms with Gasteiger partial charge in [0.15, 0.2) is 11.9 Å². The summed E-state index contributed by atoms with van der Waals surface area (Å²) in [5, 5.41) is 4.71. The second-order valence-corrected chi connectivity index (χ2v) is 9.01. The predicted octanol–water partition coefficient (Wildman–Crippen LogP) is 3.77. The highest BCUT2D eigenvalue weighted by Crippen LogP contribution is 2.26. The van der Waals surface area contributed by atoms with Crippen LogP contribution in [0, 0.1) is 18.8 Å². The van der Waals surface area contributed by atoms with E-state index in [1.807, 2.05) is 13.1 Å². The number of hydrogen-bond acceptors (Lipinski definition) is 3. The van der Waals surface area contributed by atoms with Gasteiger partial charge in [-0.25, -0.2) is 4.98 Å². The number of likely N-dealkylation sites (tertiary alicyclic amines) is 1. The molecule has 1 aliphatic heterocycles. The molecule has 3 heterocycles. The Labute approximate surface area is 192 Å². The highest BCUT2D eigenvalue weighted by Gasteiger charge is 2.21. The average Bonchev–Trinajstić information content (AvgIpc) is 3.16. The summed E-state index contributed by atoms with van der Waals surface area (Å²) in [5.74, 6) is 6.71. The van der Waals surface area contributed by atoms with E-state index < -0.39 is 0 Å². The first-order valence-corrected chi connectivity index (χ1v) is 11.8. The first kappa shape index (κ1) is 22.4. The number of aryl methyl sites for hydroxylation is 2. The van der Waals surface area contributed by atoms with Crippen LogP contribution in [0.5, 0.6) is 0 Å². The van der Waals surface area contributed by atoms with E-state index in [1.54, 1.807) is 0 Å². The third-order valence-corrected chi connectivity index (χ3v) is 6.60. The van der Waals surface area contributed by atoms with Crippen molar-refractivity contribution in [3.05, 3.63) is 59.5 Å². The number of pyridine rings is 1. The summed E-state index contributed by atoms with van der Waals surface area (Å²) in [6, 6.07) is 13.9. The SMILES string of the molecule is CCn1c(C#CCNc2ccc(C)[nH+]c2)cc2c(CN3CCC(N(C)C)CC3)cccc21. The molecule has 0 radical (unpaired) electrons. The smallest absolute Gasteiger partial charge is 0.190 e. The standard InChI is InChI=1S/C27H35N5/c1-5-32-25(9-7-15-28-23-12-11-21(2)29-19-23)18-26-22(8-6-10-27(26)32)20-31-16-13-24(14-17-31)30(3)4/h6,8,10-12,18-19,24,28H,5,13-17,20H2,1-4H3/p+1. The Kier molecular flexibility index (Phi) is 7.14. The summed E-state index contributed by atoms with van der Waals surface area (Å²) < 4.78 is 2.34. The van der Waals surface area contributed by atoms with Crippen LogP contribution in [0.15, 0.2) is 42.6 Å². The van der Waals surface area contributed by atoms with Gasteiger partial charge in [0, 0.05) is 43.0 Å². The lowest BCUT2D eigenvalue weighted by Crippen LogP contribution is -2.41. The first-order chi connectivity index (χ1) is 15.5. The molecule has 1 aliphatic rings. The Morgan fingerprint density at radius 3 is 2.66 bits per heavy atom. The van der Waals surface area contributed by atoms with Gasteiger partial charge in [-0.05, 0) is 76.6 Å². The highest BCUT2D eigenvalue weighted by atomic mass is 15.2. The molecule has 3 aromatic rings. The van der Waals surface area contributed by atoms with Crippen LogP contribution in [0.4, 0.5) is 5.69 Å². The van der Waals surface area contributed by atoms with Crippen molar-refractivity contribution in [2.24, 2.45) is 0 Å². The van der Waals surface area contributed by atoms with E-state index in [2.05, 4.69) is 93.9 Å². The molecule has 0 unspecified atom stereocenters. The summed E-state index contributed by atoms with van der Waals surface area (Å²) in [5.41, 5.74) is 6.00. The molecule has 1 fully saturated rings. The maximum atomic E-state index is 3.41. The second kappa shape index (κ2) is 10.2. The molecule has 0 spiro atoms. The Morgan fingerprint density at radius 1 is 1.16 bits per heavy atom. The Bertz CT molecular complexity index is 1090. The van der Waals surface area contributed by atoms with E-state index in [9.17, 15) is 0 Å². The molecule has 1 aromatic carbocycles. The topological polar surface area (TPSA) is 37.6 Å². The number of anilines is 1. The van der Waals surface area contributed by atoms with Gasteiger partial charge in [-0.3, -0.25) is 4.90 Å². The van der Waals surface area contributed by atoms with E-state index >= 15 is 0 Å². The van der Waals surface area contributed by atoms with Crippen molar-refractivity contribution >= 4 is 16.6 Å². The van der Waals surface area contributed by atoms with Gasteiger partial charge >= 0.3 is 0 Å². The van der Waals surface area contributed by atoms with Crippen LogP contribution in [0.1, 0.15) is 36.7 Å².